The molecule has 2 aromatic heterocycles. The number of benzene rings is 1. The van der Waals surface area contributed by atoms with E-state index >= 15 is 0 Å². The molecule has 3 rings (SSSR count). The molecule has 0 radical (unpaired) electrons. The highest BCUT2D eigenvalue weighted by atomic mass is 32.2. The summed E-state index contributed by atoms with van der Waals surface area (Å²) < 4.78 is 5.73. The highest BCUT2D eigenvalue weighted by Gasteiger charge is 2.12. The Labute approximate surface area is 120 Å². The topological polar surface area (TPSA) is 63.7 Å². The lowest BCUT2D eigenvalue weighted by Crippen LogP contribution is -1.95. The third kappa shape index (κ3) is 2.34. The highest BCUT2D eigenvalue weighted by Crippen LogP contribution is 2.32. The average Bonchev–Trinajstić information content (AvgIpc) is 2.91. The van der Waals surface area contributed by atoms with E-state index in [-0.39, 0.29) is 0 Å². The minimum absolute atomic E-state index is 0.619. The molecule has 0 aliphatic rings. The van der Waals surface area contributed by atoms with Crippen LogP contribution in [0.25, 0.3) is 22.4 Å². The number of H-pyrrole nitrogens is 1. The van der Waals surface area contributed by atoms with Crippen molar-refractivity contribution in [1.82, 2.24) is 20.2 Å². The molecule has 1 aromatic carbocycles. The maximum Gasteiger partial charge on any atom is 0.142 e. The molecule has 0 unspecified atom stereocenters. The Bertz CT molecular complexity index is 708. The number of rotatable bonds is 4. The number of nitrogens with one attached hydrogen (secondary N) is 1. The molecule has 0 aliphatic carbocycles. The van der Waals surface area contributed by atoms with E-state index in [0.29, 0.717) is 6.61 Å². The Morgan fingerprint density at radius 2 is 2.10 bits per heavy atom. The molecule has 20 heavy (non-hydrogen) atoms. The monoisotopic (exact) mass is 286 g/mol. The summed E-state index contributed by atoms with van der Waals surface area (Å²) in [4.78, 5) is 8.95. The van der Waals surface area contributed by atoms with Crippen molar-refractivity contribution in [2.75, 3.05) is 12.9 Å². The average molecular weight is 286 g/mol. The van der Waals surface area contributed by atoms with Crippen molar-refractivity contribution in [1.29, 1.82) is 0 Å². The molecular formula is C14H14N4OS. The molecule has 0 aliphatic heterocycles. The van der Waals surface area contributed by atoms with Gasteiger partial charge in [-0.2, -0.15) is 10.2 Å². The van der Waals surface area contributed by atoms with Crippen molar-refractivity contribution < 1.29 is 4.74 Å². The summed E-state index contributed by atoms with van der Waals surface area (Å²) in [5, 5.41) is 7.69. The van der Waals surface area contributed by atoms with E-state index in [0.717, 1.165) is 33.1 Å². The smallest absolute Gasteiger partial charge is 0.142 e. The Morgan fingerprint density at radius 1 is 1.25 bits per heavy atom. The van der Waals surface area contributed by atoms with Crippen molar-refractivity contribution in [2.45, 2.75) is 11.8 Å². The van der Waals surface area contributed by atoms with E-state index in [1.54, 1.807) is 24.2 Å². The first-order valence-corrected chi connectivity index (χ1v) is 7.52. The van der Waals surface area contributed by atoms with Crippen LogP contribution in [0.2, 0.25) is 0 Å². The first-order valence-electron chi connectivity index (χ1n) is 6.29. The van der Waals surface area contributed by atoms with Gasteiger partial charge in [0.05, 0.1) is 30.1 Å². The Balaban J connectivity index is 2.12. The largest absolute Gasteiger partial charge is 0.493 e. The van der Waals surface area contributed by atoms with E-state index in [9.17, 15) is 0 Å². The van der Waals surface area contributed by atoms with Gasteiger partial charge >= 0.3 is 0 Å². The van der Waals surface area contributed by atoms with Crippen molar-refractivity contribution >= 4 is 22.8 Å². The first kappa shape index (κ1) is 12.9. The molecule has 6 heteroatoms. The predicted octanol–water partition coefficient (Wildman–Crippen LogP) is 3.14. The van der Waals surface area contributed by atoms with Gasteiger partial charge in [0.15, 0.2) is 0 Å². The summed E-state index contributed by atoms with van der Waals surface area (Å²) in [5.41, 5.74) is 2.61. The van der Waals surface area contributed by atoms with Gasteiger partial charge in [0, 0.05) is 4.90 Å². The third-order valence-corrected chi connectivity index (χ3v) is 3.66. The number of hydrogen-bond acceptors (Lipinski definition) is 5. The minimum Gasteiger partial charge on any atom is -0.493 e. The molecule has 2 heterocycles. The number of ether oxygens (including phenoxy) is 1. The van der Waals surface area contributed by atoms with Crippen LogP contribution in [-0.2, 0) is 0 Å². The molecule has 0 atom stereocenters. The van der Waals surface area contributed by atoms with E-state index in [1.807, 2.05) is 25.3 Å². The Kier molecular flexibility index (Phi) is 3.56. The number of aromatic nitrogens is 4. The van der Waals surface area contributed by atoms with Gasteiger partial charge in [-0.25, -0.2) is 4.98 Å². The molecule has 0 fully saturated rings. The second kappa shape index (κ2) is 5.50. The third-order valence-electron chi connectivity index (χ3n) is 2.94. The molecule has 1 N–H and O–H groups in total. The van der Waals surface area contributed by atoms with Gasteiger partial charge in [-0.15, -0.1) is 11.8 Å². The van der Waals surface area contributed by atoms with Gasteiger partial charge in [-0.1, -0.05) is 0 Å². The maximum atomic E-state index is 5.73. The Hall–Kier alpha value is -2.08. The highest BCUT2D eigenvalue weighted by molar-refractivity contribution is 7.98. The fraction of sp³-hybridized carbons (Fsp3) is 0.214. The summed E-state index contributed by atoms with van der Waals surface area (Å²) in [6, 6.07) is 6.12. The molecule has 0 saturated carbocycles. The van der Waals surface area contributed by atoms with Gasteiger partial charge in [0.1, 0.15) is 17.1 Å². The van der Waals surface area contributed by atoms with Gasteiger partial charge in [-0.05, 0) is 31.4 Å². The van der Waals surface area contributed by atoms with Gasteiger partial charge < -0.3 is 9.72 Å². The van der Waals surface area contributed by atoms with Crippen molar-refractivity contribution in [3.63, 3.8) is 0 Å². The zero-order chi connectivity index (χ0) is 13.9. The molecule has 5 nitrogen and oxygen atoms in total. The van der Waals surface area contributed by atoms with Crippen LogP contribution >= 0.6 is 11.8 Å². The number of aromatic amines is 1. The number of thioether (sulfide) groups is 1. The fourth-order valence-electron chi connectivity index (χ4n) is 2.00. The molecular weight excluding hydrogens is 272 g/mol. The summed E-state index contributed by atoms with van der Waals surface area (Å²) in [6.45, 7) is 2.59. The lowest BCUT2D eigenvalue weighted by molar-refractivity contribution is 0.340. The lowest BCUT2D eigenvalue weighted by atomic mass is 10.2. The van der Waals surface area contributed by atoms with E-state index < -0.39 is 0 Å². The van der Waals surface area contributed by atoms with Crippen molar-refractivity contribution in [3.8, 4) is 17.1 Å². The quantitative estimate of drug-likeness (QED) is 0.746. The van der Waals surface area contributed by atoms with Crippen LogP contribution < -0.4 is 4.74 Å². The first-order chi connectivity index (χ1) is 9.81. The van der Waals surface area contributed by atoms with Crippen molar-refractivity contribution in [2.24, 2.45) is 0 Å². The van der Waals surface area contributed by atoms with Crippen LogP contribution in [-0.4, -0.2) is 33.0 Å². The Morgan fingerprint density at radius 3 is 2.85 bits per heavy atom. The van der Waals surface area contributed by atoms with E-state index in [1.165, 1.54) is 0 Å². The van der Waals surface area contributed by atoms with Crippen LogP contribution in [0.1, 0.15) is 6.92 Å². The molecule has 0 amide bonds. The minimum atomic E-state index is 0.619. The number of fused-ring (bicyclic) bond motifs is 1. The van der Waals surface area contributed by atoms with Crippen LogP contribution in [0.4, 0.5) is 0 Å². The van der Waals surface area contributed by atoms with E-state index in [2.05, 4.69) is 26.2 Å². The second-order valence-electron chi connectivity index (χ2n) is 4.17. The van der Waals surface area contributed by atoms with Gasteiger partial charge in [-0.3, -0.25) is 0 Å². The van der Waals surface area contributed by atoms with E-state index in [4.69, 9.17) is 4.74 Å². The summed E-state index contributed by atoms with van der Waals surface area (Å²) in [7, 11) is 0. The standard InChI is InChI=1S/C14H14N4OS/c1-3-19-13-6-9(20-2)4-5-10(13)14-17-11-7-15-16-8-12(11)18-14/h4-8H,3H2,1-2H3,(H,17,18). The van der Waals surface area contributed by atoms with Crippen LogP contribution in [0, 0.1) is 0 Å². The summed E-state index contributed by atoms with van der Waals surface area (Å²) in [5.74, 6) is 1.60. The number of nitrogens with zero attached hydrogens (tertiary/aromatic N) is 3. The number of hydrogen-bond donors (Lipinski definition) is 1. The maximum absolute atomic E-state index is 5.73. The van der Waals surface area contributed by atoms with Gasteiger partial charge in [0.2, 0.25) is 0 Å². The number of imidazole rings is 1. The molecule has 0 spiro atoms. The zero-order valence-corrected chi connectivity index (χ0v) is 12.1. The van der Waals surface area contributed by atoms with Crippen LogP contribution in [0.15, 0.2) is 35.5 Å². The summed E-state index contributed by atoms with van der Waals surface area (Å²) >= 11 is 1.69. The summed E-state index contributed by atoms with van der Waals surface area (Å²) in [6.07, 6.45) is 5.36. The normalized spacial score (nSPS) is 10.9. The molecule has 3 aromatic rings. The molecule has 102 valence electrons. The van der Waals surface area contributed by atoms with Gasteiger partial charge in [0.25, 0.3) is 0 Å². The molecule has 0 saturated heterocycles. The fourth-order valence-corrected chi connectivity index (χ4v) is 2.43. The van der Waals surface area contributed by atoms with Crippen LogP contribution in [0.5, 0.6) is 5.75 Å². The zero-order valence-electron chi connectivity index (χ0n) is 11.3. The predicted molar refractivity (Wildman–Crippen MR) is 80.1 cm³/mol. The molecule has 0 bridgehead atoms. The second-order valence-corrected chi connectivity index (χ2v) is 5.05. The lowest BCUT2D eigenvalue weighted by Gasteiger charge is -2.09. The van der Waals surface area contributed by atoms with Crippen LogP contribution in [0.3, 0.4) is 0 Å². The van der Waals surface area contributed by atoms with Crippen molar-refractivity contribution in [3.05, 3.63) is 30.6 Å². The SMILES string of the molecule is CCOc1cc(SC)ccc1-c1nc2cnncc2[nH]1.